The van der Waals surface area contributed by atoms with Crippen LogP contribution in [0.15, 0.2) is 53.4 Å². The molecule has 27 heavy (non-hydrogen) atoms. The molecular formula is C19H19NO6S. The highest BCUT2D eigenvalue weighted by Gasteiger charge is 2.45. The molecule has 3 unspecified atom stereocenters. The van der Waals surface area contributed by atoms with Gasteiger partial charge in [0.2, 0.25) is 10.0 Å². The highest BCUT2D eigenvalue weighted by Crippen LogP contribution is 2.50. The van der Waals surface area contributed by atoms with Crippen molar-refractivity contribution in [3.8, 4) is 11.5 Å². The Morgan fingerprint density at radius 2 is 1.93 bits per heavy atom. The van der Waals surface area contributed by atoms with E-state index in [-0.39, 0.29) is 23.0 Å². The van der Waals surface area contributed by atoms with Crippen LogP contribution in [0.25, 0.3) is 0 Å². The van der Waals surface area contributed by atoms with Crippen LogP contribution in [-0.4, -0.2) is 38.2 Å². The molecule has 3 atom stereocenters. The SMILES string of the molecule is O=C(O)COc1cccc2c1OC1CC(NS(=O)(=O)c3ccccc3)CC21. The number of para-hydroxylation sites is 1. The van der Waals surface area contributed by atoms with E-state index in [4.69, 9.17) is 14.6 Å². The third kappa shape index (κ3) is 3.50. The lowest BCUT2D eigenvalue weighted by atomic mass is 9.97. The van der Waals surface area contributed by atoms with Gasteiger partial charge in [-0.2, -0.15) is 0 Å². The fourth-order valence-corrected chi connectivity index (χ4v) is 5.08. The Kier molecular flexibility index (Phi) is 4.53. The van der Waals surface area contributed by atoms with Crippen molar-refractivity contribution in [1.29, 1.82) is 0 Å². The molecule has 0 radical (unpaired) electrons. The molecule has 4 rings (SSSR count). The van der Waals surface area contributed by atoms with Crippen molar-refractivity contribution in [3.05, 3.63) is 54.1 Å². The van der Waals surface area contributed by atoms with E-state index < -0.39 is 22.6 Å². The topological polar surface area (TPSA) is 102 Å². The summed E-state index contributed by atoms with van der Waals surface area (Å²) < 4.78 is 39.1. The number of hydrogen-bond acceptors (Lipinski definition) is 5. The Hall–Kier alpha value is -2.58. The maximum Gasteiger partial charge on any atom is 0.341 e. The normalized spacial score (nSPS) is 23.3. The molecule has 1 aliphatic heterocycles. The first-order valence-corrected chi connectivity index (χ1v) is 10.1. The van der Waals surface area contributed by atoms with Crippen LogP contribution in [0.5, 0.6) is 11.5 Å². The van der Waals surface area contributed by atoms with Crippen LogP contribution >= 0.6 is 0 Å². The quantitative estimate of drug-likeness (QED) is 0.785. The number of carbonyl (C=O) groups is 1. The molecule has 0 amide bonds. The maximum absolute atomic E-state index is 12.5. The lowest BCUT2D eigenvalue weighted by Crippen LogP contribution is -2.33. The van der Waals surface area contributed by atoms with Crippen LogP contribution in [0.2, 0.25) is 0 Å². The molecule has 1 heterocycles. The molecule has 142 valence electrons. The van der Waals surface area contributed by atoms with Crippen molar-refractivity contribution in [2.24, 2.45) is 0 Å². The van der Waals surface area contributed by atoms with Crippen molar-refractivity contribution >= 4 is 16.0 Å². The van der Waals surface area contributed by atoms with Crippen molar-refractivity contribution in [1.82, 2.24) is 4.72 Å². The molecule has 8 heteroatoms. The van der Waals surface area contributed by atoms with Gasteiger partial charge in [-0.3, -0.25) is 0 Å². The molecule has 0 saturated heterocycles. The number of rotatable bonds is 6. The lowest BCUT2D eigenvalue weighted by molar-refractivity contribution is -0.139. The third-order valence-electron chi connectivity index (χ3n) is 4.91. The summed E-state index contributed by atoms with van der Waals surface area (Å²) in [5.41, 5.74) is 0.935. The predicted octanol–water partition coefficient (Wildman–Crippen LogP) is 2.14. The van der Waals surface area contributed by atoms with E-state index >= 15 is 0 Å². The van der Waals surface area contributed by atoms with Crippen molar-refractivity contribution < 1.29 is 27.8 Å². The fraction of sp³-hybridized carbons (Fsp3) is 0.316. The second-order valence-corrected chi connectivity index (χ2v) is 8.44. The summed E-state index contributed by atoms with van der Waals surface area (Å²) in [5, 5.41) is 8.79. The number of carboxylic acid groups (broad SMARTS) is 1. The standard InChI is InChI=1S/C19H19NO6S/c21-18(22)11-25-16-8-4-7-14-15-9-12(10-17(15)26-19(14)16)20-27(23,24)13-5-2-1-3-6-13/h1-8,12,15,17,20H,9-11H2,(H,21,22). The second kappa shape index (κ2) is 6.86. The molecule has 7 nitrogen and oxygen atoms in total. The average molecular weight is 389 g/mol. The minimum atomic E-state index is -3.57. The van der Waals surface area contributed by atoms with E-state index in [1.54, 1.807) is 42.5 Å². The average Bonchev–Trinajstić information content (AvgIpc) is 3.17. The van der Waals surface area contributed by atoms with Gasteiger partial charge in [-0.05, 0) is 24.6 Å². The molecule has 2 N–H and O–H groups in total. The van der Waals surface area contributed by atoms with Crippen LogP contribution in [0, 0.1) is 0 Å². The molecule has 1 fully saturated rings. The van der Waals surface area contributed by atoms with E-state index in [2.05, 4.69) is 4.72 Å². The molecule has 2 aromatic rings. The molecule has 0 aromatic heterocycles. The minimum absolute atomic E-state index is 0.0526. The number of sulfonamides is 1. The van der Waals surface area contributed by atoms with Gasteiger partial charge in [0.15, 0.2) is 18.1 Å². The molecular weight excluding hydrogens is 370 g/mol. The van der Waals surface area contributed by atoms with Gasteiger partial charge >= 0.3 is 5.97 Å². The first-order chi connectivity index (χ1) is 12.9. The molecule has 1 aliphatic carbocycles. The number of ether oxygens (including phenoxy) is 2. The van der Waals surface area contributed by atoms with E-state index in [1.807, 2.05) is 6.07 Å². The summed E-state index contributed by atoms with van der Waals surface area (Å²) in [5.74, 6) is -0.0261. The summed E-state index contributed by atoms with van der Waals surface area (Å²) in [7, 11) is -3.57. The minimum Gasteiger partial charge on any atom is -0.486 e. The Balaban J connectivity index is 1.49. The van der Waals surface area contributed by atoms with Crippen LogP contribution in [0.3, 0.4) is 0 Å². The summed E-state index contributed by atoms with van der Waals surface area (Å²) in [4.78, 5) is 11.0. The fourth-order valence-electron chi connectivity index (χ4n) is 3.80. The zero-order valence-corrected chi connectivity index (χ0v) is 15.2. The van der Waals surface area contributed by atoms with Crippen LogP contribution in [0.1, 0.15) is 24.3 Å². The zero-order chi connectivity index (χ0) is 19.0. The zero-order valence-electron chi connectivity index (χ0n) is 14.4. The van der Waals surface area contributed by atoms with E-state index in [1.165, 1.54) is 0 Å². The first-order valence-electron chi connectivity index (χ1n) is 8.65. The molecule has 0 spiro atoms. The Bertz CT molecular complexity index is 959. The number of nitrogens with one attached hydrogen (secondary N) is 1. The Labute approximate surface area is 157 Å². The van der Waals surface area contributed by atoms with Gasteiger partial charge in [-0.15, -0.1) is 0 Å². The smallest absolute Gasteiger partial charge is 0.341 e. The van der Waals surface area contributed by atoms with Gasteiger partial charge in [0.1, 0.15) is 6.10 Å². The second-order valence-electron chi connectivity index (χ2n) is 6.72. The molecule has 1 saturated carbocycles. The van der Waals surface area contributed by atoms with Gasteiger partial charge in [0.25, 0.3) is 0 Å². The summed E-state index contributed by atoms with van der Waals surface area (Å²) in [6, 6.07) is 13.5. The van der Waals surface area contributed by atoms with E-state index in [0.29, 0.717) is 24.3 Å². The predicted molar refractivity (Wildman–Crippen MR) is 96.5 cm³/mol. The van der Waals surface area contributed by atoms with Crippen LogP contribution in [-0.2, 0) is 14.8 Å². The lowest BCUT2D eigenvalue weighted by Gasteiger charge is -2.16. The van der Waals surface area contributed by atoms with Crippen molar-refractivity contribution in [2.45, 2.75) is 35.8 Å². The van der Waals surface area contributed by atoms with Crippen LogP contribution in [0.4, 0.5) is 0 Å². The van der Waals surface area contributed by atoms with Gasteiger partial charge in [0.05, 0.1) is 4.90 Å². The summed E-state index contributed by atoms with van der Waals surface area (Å²) >= 11 is 0. The number of carboxylic acids is 1. The monoisotopic (exact) mass is 389 g/mol. The number of benzene rings is 2. The largest absolute Gasteiger partial charge is 0.486 e. The summed E-state index contributed by atoms with van der Waals surface area (Å²) in [6.45, 7) is -0.436. The molecule has 2 aromatic carbocycles. The van der Waals surface area contributed by atoms with Crippen LogP contribution < -0.4 is 14.2 Å². The van der Waals surface area contributed by atoms with E-state index in [0.717, 1.165) is 5.56 Å². The van der Waals surface area contributed by atoms with Gasteiger partial charge in [-0.25, -0.2) is 17.9 Å². The number of fused-ring (bicyclic) bond motifs is 3. The highest BCUT2D eigenvalue weighted by atomic mass is 32.2. The number of hydrogen-bond donors (Lipinski definition) is 2. The first kappa shape index (κ1) is 17.8. The maximum atomic E-state index is 12.5. The van der Waals surface area contributed by atoms with Crippen molar-refractivity contribution in [2.75, 3.05) is 6.61 Å². The van der Waals surface area contributed by atoms with Gasteiger partial charge < -0.3 is 14.6 Å². The Morgan fingerprint density at radius 1 is 1.15 bits per heavy atom. The summed E-state index contributed by atoms with van der Waals surface area (Å²) in [6.07, 6.45) is 1.01. The van der Waals surface area contributed by atoms with Crippen molar-refractivity contribution in [3.63, 3.8) is 0 Å². The van der Waals surface area contributed by atoms with Gasteiger partial charge in [-0.1, -0.05) is 30.3 Å². The molecule has 0 bridgehead atoms. The highest BCUT2D eigenvalue weighted by molar-refractivity contribution is 7.89. The number of aliphatic carboxylic acids is 1. The Morgan fingerprint density at radius 3 is 2.67 bits per heavy atom. The third-order valence-corrected chi connectivity index (χ3v) is 6.44. The van der Waals surface area contributed by atoms with E-state index in [9.17, 15) is 13.2 Å². The molecule has 2 aliphatic rings. The van der Waals surface area contributed by atoms with Gasteiger partial charge in [0, 0.05) is 23.9 Å².